The highest BCUT2D eigenvalue weighted by atomic mass is 16.5. The van der Waals surface area contributed by atoms with Crippen LogP contribution in [0.5, 0.6) is 11.5 Å². The van der Waals surface area contributed by atoms with Crippen LogP contribution in [0.2, 0.25) is 0 Å². The van der Waals surface area contributed by atoms with Crippen molar-refractivity contribution in [2.75, 3.05) is 18.5 Å². The van der Waals surface area contributed by atoms with Crippen molar-refractivity contribution in [3.8, 4) is 11.5 Å². The first-order valence-electron chi connectivity index (χ1n) is 10.9. The van der Waals surface area contributed by atoms with Crippen molar-refractivity contribution < 1.29 is 18.7 Å². The Morgan fingerprint density at radius 3 is 2.42 bits per heavy atom. The second-order valence-corrected chi connectivity index (χ2v) is 7.65. The van der Waals surface area contributed by atoms with E-state index >= 15 is 0 Å². The van der Waals surface area contributed by atoms with E-state index in [1.807, 2.05) is 91.0 Å². The molecule has 0 saturated heterocycles. The van der Waals surface area contributed by atoms with Crippen LogP contribution in [0.3, 0.4) is 0 Å². The maximum Gasteiger partial charge on any atom is 0.258 e. The maximum atomic E-state index is 13.4. The highest BCUT2D eigenvalue weighted by molar-refractivity contribution is 6.01. The van der Waals surface area contributed by atoms with E-state index in [-0.39, 0.29) is 5.91 Å². The van der Waals surface area contributed by atoms with Gasteiger partial charge in [0.25, 0.3) is 5.91 Å². The molecule has 0 spiro atoms. The number of carbonyl (C=O) groups is 1. The van der Waals surface area contributed by atoms with Crippen LogP contribution in [0.1, 0.15) is 27.8 Å². The number of anilines is 1. The Morgan fingerprint density at radius 1 is 0.818 bits per heavy atom. The van der Waals surface area contributed by atoms with Gasteiger partial charge in [-0.25, -0.2) is 0 Å². The number of carbonyl (C=O) groups excluding carboxylic acids is 1. The van der Waals surface area contributed by atoms with E-state index in [2.05, 4.69) is 5.32 Å². The van der Waals surface area contributed by atoms with Gasteiger partial charge in [0.15, 0.2) is 0 Å². The Balaban J connectivity index is 1.38. The number of nitrogens with one attached hydrogen (secondary N) is 1. The molecule has 0 fully saturated rings. The molecule has 0 radical (unpaired) electrons. The zero-order chi connectivity index (χ0) is 22.5. The normalized spacial score (nSPS) is 15.0. The lowest BCUT2D eigenvalue weighted by atomic mass is 10.0. The van der Waals surface area contributed by atoms with Crippen LogP contribution in [0.25, 0.3) is 0 Å². The number of para-hydroxylation sites is 3. The molecule has 1 amide bonds. The van der Waals surface area contributed by atoms with Crippen molar-refractivity contribution in [2.24, 2.45) is 0 Å². The second-order valence-electron chi connectivity index (χ2n) is 7.65. The predicted molar refractivity (Wildman–Crippen MR) is 125 cm³/mol. The molecule has 6 heteroatoms. The molecule has 2 heterocycles. The molecule has 33 heavy (non-hydrogen) atoms. The molecule has 1 atom stereocenters. The third kappa shape index (κ3) is 4.55. The number of ether oxygens (including phenoxy) is 2. The number of furan rings is 1. The van der Waals surface area contributed by atoms with Crippen LogP contribution in [0.15, 0.2) is 102 Å². The third-order valence-electron chi connectivity index (χ3n) is 5.49. The molecule has 0 bridgehead atoms. The minimum absolute atomic E-state index is 0.0621. The summed E-state index contributed by atoms with van der Waals surface area (Å²) in [5.41, 5.74) is 2.30. The lowest BCUT2D eigenvalue weighted by Gasteiger charge is -2.38. The van der Waals surface area contributed by atoms with Crippen LogP contribution < -0.4 is 14.8 Å². The Morgan fingerprint density at radius 2 is 1.58 bits per heavy atom. The van der Waals surface area contributed by atoms with Gasteiger partial charge in [-0.05, 0) is 42.5 Å². The molecule has 3 aromatic carbocycles. The van der Waals surface area contributed by atoms with Crippen molar-refractivity contribution in [1.82, 2.24) is 4.90 Å². The number of benzene rings is 3. The van der Waals surface area contributed by atoms with Gasteiger partial charge >= 0.3 is 0 Å². The summed E-state index contributed by atoms with van der Waals surface area (Å²) in [6, 6.07) is 28.6. The zero-order valence-electron chi connectivity index (χ0n) is 18.0. The van der Waals surface area contributed by atoms with Crippen LogP contribution >= 0.6 is 0 Å². The standard InChI is InChI=1S/C27H24N2O4/c30-27-22-12-4-6-14-24(22)28-26(29(27)19-21-11-8-16-31-21)23-13-5-7-15-25(23)33-18-17-32-20-9-2-1-3-10-20/h1-16,26,28H,17-19H2. The third-order valence-corrected chi connectivity index (χ3v) is 5.49. The number of amides is 1. The quantitative estimate of drug-likeness (QED) is 0.366. The SMILES string of the molecule is O=C1c2ccccc2NC(c2ccccc2OCCOc2ccccc2)N1Cc1ccco1. The minimum atomic E-state index is -0.413. The van der Waals surface area contributed by atoms with Gasteiger partial charge < -0.3 is 24.1 Å². The highest BCUT2D eigenvalue weighted by Crippen LogP contribution is 2.37. The number of rotatable bonds is 8. The van der Waals surface area contributed by atoms with Crippen LogP contribution in [0, 0.1) is 0 Å². The molecule has 0 aliphatic carbocycles. The van der Waals surface area contributed by atoms with Crippen molar-refractivity contribution in [1.29, 1.82) is 0 Å². The number of fused-ring (bicyclic) bond motifs is 1. The van der Waals surface area contributed by atoms with Gasteiger partial charge in [-0.3, -0.25) is 4.79 Å². The minimum Gasteiger partial charge on any atom is -0.490 e. The monoisotopic (exact) mass is 440 g/mol. The summed E-state index contributed by atoms with van der Waals surface area (Å²) < 4.78 is 17.4. The summed E-state index contributed by atoms with van der Waals surface area (Å²) in [7, 11) is 0. The van der Waals surface area contributed by atoms with E-state index < -0.39 is 6.17 Å². The van der Waals surface area contributed by atoms with E-state index in [1.54, 1.807) is 11.2 Å². The molecule has 1 aliphatic heterocycles. The Kier molecular flexibility index (Phi) is 5.97. The Bertz CT molecular complexity index is 1210. The van der Waals surface area contributed by atoms with E-state index in [4.69, 9.17) is 13.9 Å². The van der Waals surface area contributed by atoms with Gasteiger partial charge in [-0.1, -0.05) is 48.5 Å². The van der Waals surface area contributed by atoms with E-state index in [0.29, 0.717) is 36.8 Å². The van der Waals surface area contributed by atoms with Gasteiger partial charge in [0.05, 0.1) is 18.4 Å². The first-order valence-corrected chi connectivity index (χ1v) is 10.9. The summed E-state index contributed by atoms with van der Waals surface area (Å²) in [6.07, 6.45) is 1.20. The molecule has 1 aromatic heterocycles. The first kappa shape index (κ1) is 20.7. The number of hydrogen-bond acceptors (Lipinski definition) is 5. The highest BCUT2D eigenvalue weighted by Gasteiger charge is 2.34. The lowest BCUT2D eigenvalue weighted by Crippen LogP contribution is -2.42. The number of nitrogens with zero attached hydrogens (tertiary/aromatic N) is 1. The van der Waals surface area contributed by atoms with Crippen molar-refractivity contribution >= 4 is 11.6 Å². The average Bonchev–Trinajstić information content (AvgIpc) is 3.38. The fraction of sp³-hybridized carbons (Fsp3) is 0.148. The molecule has 166 valence electrons. The molecule has 1 aliphatic rings. The van der Waals surface area contributed by atoms with Crippen molar-refractivity contribution in [3.05, 3.63) is 114 Å². The van der Waals surface area contributed by atoms with E-state index in [9.17, 15) is 4.79 Å². The van der Waals surface area contributed by atoms with Crippen LogP contribution in [-0.4, -0.2) is 24.0 Å². The molecule has 1 N–H and O–H groups in total. The van der Waals surface area contributed by atoms with Gasteiger partial charge in [0.1, 0.15) is 36.6 Å². The van der Waals surface area contributed by atoms with Gasteiger partial charge in [-0.2, -0.15) is 0 Å². The smallest absolute Gasteiger partial charge is 0.258 e. The zero-order valence-corrected chi connectivity index (χ0v) is 18.0. The van der Waals surface area contributed by atoms with Gasteiger partial charge in [-0.15, -0.1) is 0 Å². The van der Waals surface area contributed by atoms with E-state index in [1.165, 1.54) is 0 Å². The predicted octanol–water partition coefficient (Wildman–Crippen LogP) is 5.50. The summed E-state index contributed by atoms with van der Waals surface area (Å²) in [6.45, 7) is 1.12. The molecule has 4 aromatic rings. The first-order chi connectivity index (χ1) is 16.3. The Labute approximate surface area is 192 Å². The lowest BCUT2D eigenvalue weighted by molar-refractivity contribution is 0.0648. The number of hydrogen-bond donors (Lipinski definition) is 1. The Hall–Kier alpha value is -4.19. The topological polar surface area (TPSA) is 63.9 Å². The molecular formula is C27H24N2O4. The van der Waals surface area contributed by atoms with Gasteiger partial charge in [0.2, 0.25) is 0 Å². The van der Waals surface area contributed by atoms with Crippen LogP contribution in [0.4, 0.5) is 5.69 Å². The second kappa shape index (κ2) is 9.53. The summed E-state index contributed by atoms with van der Waals surface area (Å²) >= 11 is 0. The van der Waals surface area contributed by atoms with Gasteiger partial charge in [0, 0.05) is 11.3 Å². The molecule has 6 nitrogen and oxygen atoms in total. The molecule has 5 rings (SSSR count). The fourth-order valence-corrected chi connectivity index (χ4v) is 3.94. The summed E-state index contributed by atoms with van der Waals surface area (Å²) in [4.78, 5) is 15.2. The summed E-state index contributed by atoms with van der Waals surface area (Å²) in [5.74, 6) is 2.15. The van der Waals surface area contributed by atoms with Crippen LogP contribution in [-0.2, 0) is 6.54 Å². The summed E-state index contributed by atoms with van der Waals surface area (Å²) in [5, 5.41) is 3.52. The molecular weight excluding hydrogens is 416 g/mol. The van der Waals surface area contributed by atoms with E-state index in [0.717, 1.165) is 17.0 Å². The largest absolute Gasteiger partial charge is 0.490 e. The average molecular weight is 440 g/mol. The molecule has 0 saturated carbocycles. The van der Waals surface area contributed by atoms with Crippen molar-refractivity contribution in [2.45, 2.75) is 12.7 Å². The maximum absolute atomic E-state index is 13.4. The van der Waals surface area contributed by atoms with Crippen molar-refractivity contribution in [3.63, 3.8) is 0 Å². The molecule has 1 unspecified atom stereocenters. The fourth-order valence-electron chi connectivity index (χ4n) is 3.94.